The highest BCUT2D eigenvalue weighted by molar-refractivity contribution is 7.89. The number of sulfonamides is 1. The van der Waals surface area contributed by atoms with Gasteiger partial charge in [-0.15, -0.1) is 11.3 Å². The minimum absolute atomic E-state index is 0.135. The number of aliphatic hydroxyl groups excluding tert-OH is 1. The molecule has 2 heterocycles. The highest BCUT2D eigenvalue weighted by Crippen LogP contribution is 2.19. The van der Waals surface area contributed by atoms with E-state index in [1.54, 1.807) is 0 Å². The van der Waals surface area contributed by atoms with Gasteiger partial charge in [-0.3, -0.25) is 5.10 Å². The average molecular weight is 311 g/mol. The number of hydrogen-bond acceptors (Lipinski definition) is 5. The molecule has 0 aliphatic rings. The first-order chi connectivity index (χ1) is 9.54. The van der Waals surface area contributed by atoms with Crippen molar-refractivity contribution in [3.63, 3.8) is 0 Å². The summed E-state index contributed by atoms with van der Waals surface area (Å²) < 4.78 is 25.6. The predicted molar refractivity (Wildman–Crippen MR) is 75.5 cm³/mol. The molecule has 2 aromatic rings. The van der Waals surface area contributed by atoms with Crippen LogP contribution in [0.4, 0.5) is 0 Å². The zero-order valence-corrected chi connectivity index (χ0v) is 12.3. The number of nitrogens with zero attached hydrogens (tertiary/aromatic N) is 2. The number of aliphatic hydroxyl groups is 1. The third-order valence-corrected chi connectivity index (χ3v) is 5.19. The molecule has 0 unspecified atom stereocenters. The van der Waals surface area contributed by atoms with E-state index in [0.717, 1.165) is 10.4 Å². The number of hydrogen-bond donors (Lipinski definition) is 2. The van der Waals surface area contributed by atoms with Crippen LogP contribution in [0.3, 0.4) is 0 Å². The number of aromatic nitrogens is 2. The van der Waals surface area contributed by atoms with E-state index in [1.807, 2.05) is 11.4 Å². The Balaban J connectivity index is 2.12. The van der Waals surface area contributed by atoms with Gasteiger partial charge in [0, 0.05) is 19.8 Å². The smallest absolute Gasteiger partial charge is 0.246 e. The van der Waals surface area contributed by atoms with Crippen molar-refractivity contribution in [3.8, 4) is 11.8 Å². The molecule has 2 aromatic heterocycles. The van der Waals surface area contributed by atoms with Gasteiger partial charge in [-0.25, -0.2) is 8.42 Å². The van der Waals surface area contributed by atoms with E-state index in [4.69, 9.17) is 5.11 Å². The van der Waals surface area contributed by atoms with E-state index in [2.05, 4.69) is 22.0 Å². The lowest BCUT2D eigenvalue weighted by molar-refractivity contribution is 0.350. The van der Waals surface area contributed by atoms with E-state index >= 15 is 0 Å². The van der Waals surface area contributed by atoms with Crippen LogP contribution in [-0.2, 0) is 16.6 Å². The fraction of sp³-hybridized carbons (Fsp3) is 0.250. The molecule has 0 amide bonds. The summed E-state index contributed by atoms with van der Waals surface area (Å²) in [5.74, 6) is 5.35. The first kappa shape index (κ1) is 14.7. The molecule has 0 radical (unpaired) electrons. The van der Waals surface area contributed by atoms with Gasteiger partial charge in [-0.2, -0.15) is 9.40 Å². The van der Waals surface area contributed by atoms with Crippen LogP contribution in [0.25, 0.3) is 0 Å². The third kappa shape index (κ3) is 3.26. The summed E-state index contributed by atoms with van der Waals surface area (Å²) in [6.07, 6.45) is 2.62. The quantitative estimate of drug-likeness (QED) is 0.811. The summed E-state index contributed by atoms with van der Waals surface area (Å²) in [5, 5.41) is 16.6. The molecule has 6 nitrogen and oxygen atoms in total. The summed E-state index contributed by atoms with van der Waals surface area (Å²) in [6, 6.07) is 1.81. The topological polar surface area (TPSA) is 86.3 Å². The molecule has 0 bridgehead atoms. The average Bonchev–Trinajstić information content (AvgIpc) is 3.07. The predicted octanol–water partition coefficient (Wildman–Crippen LogP) is 0.636. The van der Waals surface area contributed by atoms with Crippen molar-refractivity contribution >= 4 is 21.4 Å². The van der Waals surface area contributed by atoms with E-state index in [-0.39, 0.29) is 18.0 Å². The van der Waals surface area contributed by atoms with Gasteiger partial charge in [0.15, 0.2) is 0 Å². The molecule has 0 spiro atoms. The second kappa shape index (κ2) is 6.19. The maximum atomic E-state index is 12.2. The molecular formula is C12H13N3O3S2. The molecule has 0 fully saturated rings. The molecule has 0 aliphatic carbocycles. The van der Waals surface area contributed by atoms with Crippen LogP contribution < -0.4 is 0 Å². The molecule has 0 aliphatic heterocycles. The summed E-state index contributed by atoms with van der Waals surface area (Å²) in [7, 11) is -2.02. The molecule has 106 valence electrons. The highest BCUT2D eigenvalue weighted by atomic mass is 32.2. The molecule has 2 rings (SSSR count). The third-order valence-electron chi connectivity index (χ3n) is 2.53. The fourth-order valence-corrected chi connectivity index (χ4v) is 3.39. The van der Waals surface area contributed by atoms with E-state index in [1.165, 1.54) is 35.1 Å². The molecule has 0 saturated heterocycles. The minimum Gasteiger partial charge on any atom is -0.384 e. The van der Waals surface area contributed by atoms with Crippen molar-refractivity contribution in [1.82, 2.24) is 14.5 Å². The second-order valence-corrected chi connectivity index (χ2v) is 6.93. The lowest BCUT2D eigenvalue weighted by Gasteiger charge is -2.14. The van der Waals surface area contributed by atoms with Gasteiger partial charge in [-0.1, -0.05) is 11.8 Å². The number of thiophene rings is 1. The Morgan fingerprint density at radius 3 is 3.00 bits per heavy atom. The number of aromatic amines is 1. The zero-order chi connectivity index (χ0) is 14.6. The van der Waals surface area contributed by atoms with Gasteiger partial charge < -0.3 is 5.11 Å². The molecule has 0 atom stereocenters. The van der Waals surface area contributed by atoms with Crippen molar-refractivity contribution in [3.05, 3.63) is 34.3 Å². The van der Waals surface area contributed by atoms with E-state index in [9.17, 15) is 8.42 Å². The number of rotatable bonds is 4. The molecule has 0 saturated carbocycles. The molecule has 8 heteroatoms. The molecule has 0 aromatic carbocycles. The number of H-pyrrole nitrogens is 1. The fourth-order valence-electron chi connectivity index (χ4n) is 1.55. The lowest BCUT2D eigenvalue weighted by Crippen LogP contribution is -2.25. The second-order valence-electron chi connectivity index (χ2n) is 3.97. The van der Waals surface area contributed by atoms with Crippen LogP contribution in [-0.4, -0.2) is 41.7 Å². The lowest BCUT2D eigenvalue weighted by atomic mass is 10.3. The summed E-state index contributed by atoms with van der Waals surface area (Å²) in [4.78, 5) is 0.929. The van der Waals surface area contributed by atoms with Gasteiger partial charge in [0.1, 0.15) is 11.5 Å². The van der Waals surface area contributed by atoms with Gasteiger partial charge >= 0.3 is 0 Å². The van der Waals surface area contributed by atoms with E-state index in [0.29, 0.717) is 0 Å². The van der Waals surface area contributed by atoms with Crippen molar-refractivity contribution in [2.24, 2.45) is 0 Å². The van der Waals surface area contributed by atoms with Crippen LogP contribution in [0.2, 0.25) is 0 Å². The van der Waals surface area contributed by atoms with Gasteiger partial charge in [0.05, 0.1) is 11.1 Å². The van der Waals surface area contributed by atoms with E-state index < -0.39 is 10.0 Å². The minimum atomic E-state index is -3.53. The van der Waals surface area contributed by atoms with Gasteiger partial charge in [-0.05, 0) is 17.0 Å². The van der Waals surface area contributed by atoms with Gasteiger partial charge in [0.2, 0.25) is 10.0 Å². The largest absolute Gasteiger partial charge is 0.384 e. The Labute approximate surface area is 121 Å². The van der Waals surface area contributed by atoms with Crippen molar-refractivity contribution in [2.45, 2.75) is 11.4 Å². The van der Waals surface area contributed by atoms with Crippen LogP contribution in [0.5, 0.6) is 0 Å². The van der Waals surface area contributed by atoms with Crippen LogP contribution in [0.1, 0.15) is 10.4 Å². The monoisotopic (exact) mass is 311 g/mol. The number of nitrogens with one attached hydrogen (secondary N) is 1. The standard InChI is InChI=1S/C12H13N3O3S2/c1-15(20(17,18)12-6-13-14-7-12)8-10-5-11(19-9-10)3-2-4-16/h5-7,9,16H,4,8H2,1H3,(H,13,14). The maximum Gasteiger partial charge on any atom is 0.246 e. The summed E-state index contributed by atoms with van der Waals surface area (Å²) >= 11 is 1.41. The Hall–Kier alpha value is -1.66. The van der Waals surface area contributed by atoms with Crippen LogP contribution >= 0.6 is 11.3 Å². The maximum absolute atomic E-state index is 12.2. The summed E-state index contributed by atoms with van der Waals surface area (Å²) in [6.45, 7) is 0.0623. The molecular weight excluding hydrogens is 298 g/mol. The van der Waals surface area contributed by atoms with Crippen LogP contribution in [0.15, 0.2) is 28.7 Å². The first-order valence-corrected chi connectivity index (χ1v) is 7.98. The first-order valence-electron chi connectivity index (χ1n) is 5.66. The SMILES string of the molecule is CN(Cc1csc(C#CCO)c1)S(=O)(=O)c1cn[nH]c1. The van der Waals surface area contributed by atoms with Crippen LogP contribution in [0, 0.1) is 11.8 Å². The normalized spacial score (nSPS) is 11.3. The molecule has 20 heavy (non-hydrogen) atoms. The van der Waals surface area contributed by atoms with Crippen molar-refractivity contribution < 1.29 is 13.5 Å². The Morgan fingerprint density at radius 2 is 2.35 bits per heavy atom. The Kier molecular flexibility index (Phi) is 4.57. The van der Waals surface area contributed by atoms with Gasteiger partial charge in [0.25, 0.3) is 0 Å². The Bertz CT molecular complexity index is 724. The van der Waals surface area contributed by atoms with Crippen molar-refractivity contribution in [2.75, 3.05) is 13.7 Å². The summed E-state index contributed by atoms with van der Waals surface area (Å²) in [5.41, 5.74) is 0.854. The highest BCUT2D eigenvalue weighted by Gasteiger charge is 2.22. The van der Waals surface area contributed by atoms with Crippen molar-refractivity contribution in [1.29, 1.82) is 0 Å². The zero-order valence-electron chi connectivity index (χ0n) is 10.7. The molecule has 2 N–H and O–H groups in total. The Morgan fingerprint density at radius 1 is 1.55 bits per heavy atom.